The van der Waals surface area contributed by atoms with Crippen LogP contribution in [0, 0.1) is 0 Å². The lowest BCUT2D eigenvalue weighted by Crippen LogP contribution is -1.94. The van der Waals surface area contributed by atoms with Crippen molar-refractivity contribution in [3.05, 3.63) is 36.2 Å². The van der Waals surface area contributed by atoms with E-state index in [1.54, 1.807) is 19.6 Å². The van der Waals surface area contributed by atoms with Gasteiger partial charge >= 0.3 is 0 Å². The first-order chi connectivity index (χ1) is 7.72. The van der Waals surface area contributed by atoms with E-state index in [1.807, 2.05) is 12.1 Å². The van der Waals surface area contributed by atoms with Gasteiger partial charge in [-0.1, -0.05) is 19.9 Å². The van der Waals surface area contributed by atoms with Crippen molar-refractivity contribution >= 4 is 0 Å². The van der Waals surface area contributed by atoms with E-state index < -0.39 is 0 Å². The average Bonchev–Trinajstić information content (AvgIpc) is 2.81. The topological polar surface area (TPSA) is 35.3 Å². The molecule has 3 nitrogen and oxygen atoms in total. The molecule has 16 heavy (non-hydrogen) atoms. The van der Waals surface area contributed by atoms with Gasteiger partial charge in [0.25, 0.3) is 0 Å². The third kappa shape index (κ3) is 1.94. The number of hydrogen-bond donors (Lipinski definition) is 0. The summed E-state index contributed by atoms with van der Waals surface area (Å²) in [5.41, 5.74) is 2.21. The van der Waals surface area contributed by atoms with E-state index in [4.69, 9.17) is 9.15 Å². The summed E-state index contributed by atoms with van der Waals surface area (Å²) in [6.45, 7) is 4.29. The summed E-state index contributed by atoms with van der Waals surface area (Å²) >= 11 is 0. The third-order valence-corrected chi connectivity index (χ3v) is 2.55. The summed E-state index contributed by atoms with van der Waals surface area (Å²) < 4.78 is 10.6. The number of nitrogens with zero attached hydrogens (tertiary/aromatic N) is 1. The standard InChI is InChI=1S/C13H15NO2/c1-9(2)11-5-4-10(15-3)8-12(11)13-14-6-7-16-13/h4-9H,1-3H3. The van der Waals surface area contributed by atoms with E-state index in [0.717, 1.165) is 11.3 Å². The fraction of sp³-hybridized carbons (Fsp3) is 0.308. The van der Waals surface area contributed by atoms with Gasteiger partial charge < -0.3 is 9.15 Å². The van der Waals surface area contributed by atoms with E-state index >= 15 is 0 Å². The molecule has 1 aromatic carbocycles. The maximum Gasteiger partial charge on any atom is 0.226 e. The molecule has 0 saturated carbocycles. The minimum Gasteiger partial charge on any atom is -0.497 e. The van der Waals surface area contributed by atoms with E-state index in [9.17, 15) is 0 Å². The summed E-state index contributed by atoms with van der Waals surface area (Å²) in [4.78, 5) is 4.18. The van der Waals surface area contributed by atoms with E-state index in [0.29, 0.717) is 11.8 Å². The highest BCUT2D eigenvalue weighted by molar-refractivity contribution is 5.62. The summed E-state index contributed by atoms with van der Waals surface area (Å²) in [7, 11) is 1.66. The Balaban J connectivity index is 2.55. The Morgan fingerprint density at radius 3 is 2.69 bits per heavy atom. The first kappa shape index (κ1) is 10.7. The van der Waals surface area contributed by atoms with Crippen molar-refractivity contribution in [2.45, 2.75) is 19.8 Å². The molecular weight excluding hydrogens is 202 g/mol. The van der Waals surface area contributed by atoms with Gasteiger partial charge in [0.2, 0.25) is 5.89 Å². The third-order valence-electron chi connectivity index (χ3n) is 2.55. The van der Waals surface area contributed by atoms with E-state index in [2.05, 4.69) is 24.9 Å². The van der Waals surface area contributed by atoms with Crippen molar-refractivity contribution in [2.75, 3.05) is 7.11 Å². The molecule has 0 aliphatic rings. The highest BCUT2D eigenvalue weighted by Gasteiger charge is 2.12. The lowest BCUT2D eigenvalue weighted by Gasteiger charge is -2.11. The number of hydrogen-bond acceptors (Lipinski definition) is 3. The molecule has 84 valence electrons. The summed E-state index contributed by atoms with van der Waals surface area (Å²) in [6.07, 6.45) is 3.23. The lowest BCUT2D eigenvalue weighted by molar-refractivity contribution is 0.414. The van der Waals surface area contributed by atoms with Crippen molar-refractivity contribution in [1.29, 1.82) is 0 Å². The number of oxazole rings is 1. The Labute approximate surface area is 95.1 Å². The minimum absolute atomic E-state index is 0.424. The molecule has 0 saturated heterocycles. The molecule has 0 amide bonds. The smallest absolute Gasteiger partial charge is 0.226 e. The molecule has 3 heteroatoms. The Morgan fingerprint density at radius 1 is 1.31 bits per heavy atom. The van der Waals surface area contributed by atoms with Gasteiger partial charge in [-0.15, -0.1) is 0 Å². The van der Waals surface area contributed by atoms with Gasteiger partial charge in [0.05, 0.1) is 13.3 Å². The Hall–Kier alpha value is -1.77. The van der Waals surface area contributed by atoms with Gasteiger partial charge in [-0.05, 0) is 23.6 Å². The maximum absolute atomic E-state index is 5.34. The molecular formula is C13H15NO2. The van der Waals surface area contributed by atoms with Crippen molar-refractivity contribution in [3.8, 4) is 17.2 Å². The molecule has 2 rings (SSSR count). The van der Waals surface area contributed by atoms with Crippen LogP contribution in [0.5, 0.6) is 5.75 Å². The molecule has 0 fully saturated rings. The van der Waals surface area contributed by atoms with Crippen LogP contribution in [-0.2, 0) is 0 Å². The first-order valence-electron chi connectivity index (χ1n) is 5.30. The van der Waals surface area contributed by atoms with Gasteiger partial charge in [-0.3, -0.25) is 0 Å². The van der Waals surface area contributed by atoms with Crippen LogP contribution in [0.25, 0.3) is 11.5 Å². The average molecular weight is 217 g/mol. The molecule has 0 atom stereocenters. The SMILES string of the molecule is COc1ccc(C(C)C)c(-c2ncco2)c1. The van der Waals surface area contributed by atoms with Gasteiger partial charge in [0.15, 0.2) is 0 Å². The molecule has 0 unspecified atom stereocenters. The second-order valence-corrected chi connectivity index (χ2v) is 3.95. The van der Waals surface area contributed by atoms with Crippen molar-refractivity contribution < 1.29 is 9.15 Å². The van der Waals surface area contributed by atoms with Gasteiger partial charge in [0.1, 0.15) is 12.0 Å². The number of benzene rings is 1. The molecule has 0 aliphatic heterocycles. The lowest BCUT2D eigenvalue weighted by atomic mass is 9.97. The molecule has 1 heterocycles. The number of ether oxygens (including phenoxy) is 1. The summed E-state index contributed by atoms with van der Waals surface area (Å²) in [6, 6.07) is 5.98. The predicted octanol–water partition coefficient (Wildman–Crippen LogP) is 3.47. The Kier molecular flexibility index (Phi) is 2.95. The molecule has 0 aliphatic carbocycles. The number of methoxy groups -OCH3 is 1. The fourth-order valence-electron chi connectivity index (χ4n) is 1.71. The zero-order chi connectivity index (χ0) is 11.5. The van der Waals surface area contributed by atoms with E-state index in [1.165, 1.54) is 5.56 Å². The summed E-state index contributed by atoms with van der Waals surface area (Å²) in [5, 5.41) is 0. The minimum atomic E-state index is 0.424. The van der Waals surface area contributed by atoms with Crippen LogP contribution in [0.1, 0.15) is 25.3 Å². The van der Waals surface area contributed by atoms with Crippen molar-refractivity contribution in [2.24, 2.45) is 0 Å². The van der Waals surface area contributed by atoms with Crippen LogP contribution in [-0.4, -0.2) is 12.1 Å². The van der Waals surface area contributed by atoms with Crippen molar-refractivity contribution in [1.82, 2.24) is 4.98 Å². The zero-order valence-corrected chi connectivity index (χ0v) is 9.73. The predicted molar refractivity (Wildman–Crippen MR) is 62.6 cm³/mol. The van der Waals surface area contributed by atoms with Crippen LogP contribution in [0.15, 0.2) is 35.1 Å². The fourth-order valence-corrected chi connectivity index (χ4v) is 1.71. The molecule has 2 aromatic rings. The monoisotopic (exact) mass is 217 g/mol. The maximum atomic E-state index is 5.34. The second kappa shape index (κ2) is 4.39. The summed E-state index contributed by atoms with van der Waals surface area (Å²) in [5.74, 6) is 1.88. The van der Waals surface area contributed by atoms with Gasteiger partial charge in [-0.25, -0.2) is 4.98 Å². The van der Waals surface area contributed by atoms with Gasteiger partial charge in [0, 0.05) is 5.56 Å². The molecule has 1 aromatic heterocycles. The van der Waals surface area contributed by atoms with Crippen LogP contribution >= 0.6 is 0 Å². The second-order valence-electron chi connectivity index (χ2n) is 3.95. The highest BCUT2D eigenvalue weighted by Crippen LogP contribution is 2.31. The first-order valence-corrected chi connectivity index (χ1v) is 5.30. The van der Waals surface area contributed by atoms with Crippen LogP contribution in [0.4, 0.5) is 0 Å². The highest BCUT2D eigenvalue weighted by atomic mass is 16.5. The molecule has 0 spiro atoms. The quantitative estimate of drug-likeness (QED) is 0.789. The molecule has 0 radical (unpaired) electrons. The van der Waals surface area contributed by atoms with Gasteiger partial charge in [-0.2, -0.15) is 0 Å². The largest absolute Gasteiger partial charge is 0.497 e. The number of rotatable bonds is 3. The normalized spacial score (nSPS) is 10.8. The van der Waals surface area contributed by atoms with Crippen LogP contribution in [0.3, 0.4) is 0 Å². The molecule has 0 bridgehead atoms. The number of aromatic nitrogens is 1. The van der Waals surface area contributed by atoms with E-state index in [-0.39, 0.29) is 0 Å². The zero-order valence-electron chi connectivity index (χ0n) is 9.73. The van der Waals surface area contributed by atoms with Crippen molar-refractivity contribution in [3.63, 3.8) is 0 Å². The van der Waals surface area contributed by atoms with Crippen LogP contribution in [0.2, 0.25) is 0 Å². The molecule has 0 N–H and O–H groups in total. The Morgan fingerprint density at radius 2 is 2.12 bits per heavy atom. The van der Waals surface area contributed by atoms with Crippen LogP contribution < -0.4 is 4.74 Å². The Bertz CT molecular complexity index is 461.